The molecule has 0 aromatic heterocycles. The lowest BCUT2D eigenvalue weighted by Gasteiger charge is -2.34. The molecule has 0 spiro atoms. The molecule has 1 saturated heterocycles. The SMILES string of the molecule is CC(=O)c1ccc(NC(=O)CN2CCN(Cc3cccc(Cl)c3)CC2)cc1. The van der Waals surface area contributed by atoms with Crippen LogP contribution in [0.15, 0.2) is 48.5 Å². The van der Waals surface area contributed by atoms with Crippen molar-refractivity contribution in [3.63, 3.8) is 0 Å². The lowest BCUT2D eigenvalue weighted by Crippen LogP contribution is -2.48. The fraction of sp³-hybridized carbons (Fsp3) is 0.333. The van der Waals surface area contributed by atoms with E-state index in [4.69, 9.17) is 11.6 Å². The van der Waals surface area contributed by atoms with Crippen LogP contribution < -0.4 is 5.32 Å². The van der Waals surface area contributed by atoms with Crippen LogP contribution >= 0.6 is 11.6 Å². The number of rotatable bonds is 6. The van der Waals surface area contributed by atoms with Gasteiger partial charge in [0.25, 0.3) is 0 Å². The lowest BCUT2D eigenvalue weighted by molar-refractivity contribution is -0.117. The maximum atomic E-state index is 12.3. The highest BCUT2D eigenvalue weighted by Crippen LogP contribution is 2.14. The minimum absolute atomic E-state index is 0.0171. The van der Waals surface area contributed by atoms with E-state index >= 15 is 0 Å². The van der Waals surface area contributed by atoms with Gasteiger partial charge < -0.3 is 5.32 Å². The molecule has 3 rings (SSSR count). The Kier molecular flexibility index (Phi) is 6.61. The summed E-state index contributed by atoms with van der Waals surface area (Å²) in [6, 6.07) is 14.9. The average Bonchev–Trinajstić information content (AvgIpc) is 2.64. The first-order chi connectivity index (χ1) is 13.0. The Labute approximate surface area is 164 Å². The first-order valence-corrected chi connectivity index (χ1v) is 9.47. The Morgan fingerprint density at radius 1 is 1.00 bits per heavy atom. The van der Waals surface area contributed by atoms with E-state index in [1.807, 2.05) is 18.2 Å². The summed E-state index contributed by atoms with van der Waals surface area (Å²) in [5.41, 5.74) is 2.57. The van der Waals surface area contributed by atoms with Gasteiger partial charge in [-0.25, -0.2) is 0 Å². The van der Waals surface area contributed by atoms with Crippen molar-refractivity contribution in [2.45, 2.75) is 13.5 Å². The molecule has 1 aliphatic heterocycles. The highest BCUT2D eigenvalue weighted by atomic mass is 35.5. The van der Waals surface area contributed by atoms with Gasteiger partial charge >= 0.3 is 0 Å². The molecule has 1 N–H and O–H groups in total. The van der Waals surface area contributed by atoms with Crippen molar-refractivity contribution in [2.24, 2.45) is 0 Å². The molecule has 1 fully saturated rings. The minimum Gasteiger partial charge on any atom is -0.325 e. The number of nitrogens with zero attached hydrogens (tertiary/aromatic N) is 2. The standard InChI is InChI=1S/C21H24ClN3O2/c1-16(26)18-5-7-20(8-6-18)23-21(27)15-25-11-9-24(10-12-25)14-17-3-2-4-19(22)13-17/h2-8,13H,9-12,14-15H2,1H3,(H,23,27). The third-order valence-electron chi connectivity index (χ3n) is 4.70. The molecule has 0 saturated carbocycles. The van der Waals surface area contributed by atoms with Crippen LogP contribution in [0.1, 0.15) is 22.8 Å². The second kappa shape index (κ2) is 9.13. The Morgan fingerprint density at radius 2 is 1.67 bits per heavy atom. The number of piperazine rings is 1. The third kappa shape index (κ3) is 5.89. The molecule has 0 bridgehead atoms. The minimum atomic E-state index is -0.0335. The first-order valence-electron chi connectivity index (χ1n) is 9.09. The van der Waals surface area contributed by atoms with E-state index in [9.17, 15) is 9.59 Å². The summed E-state index contributed by atoms with van der Waals surface area (Å²) in [6.45, 7) is 6.34. The Balaban J connectivity index is 1.43. The van der Waals surface area contributed by atoms with Crippen LogP contribution in [0.5, 0.6) is 0 Å². The number of amides is 1. The predicted octanol–water partition coefficient (Wildman–Crippen LogP) is 3.30. The number of benzene rings is 2. The molecule has 142 valence electrons. The predicted molar refractivity (Wildman–Crippen MR) is 108 cm³/mol. The van der Waals surface area contributed by atoms with Crippen molar-refractivity contribution in [1.82, 2.24) is 9.80 Å². The average molecular weight is 386 g/mol. The van der Waals surface area contributed by atoms with Crippen LogP contribution in [0, 0.1) is 0 Å². The zero-order valence-corrected chi connectivity index (χ0v) is 16.2. The topological polar surface area (TPSA) is 52.7 Å². The second-order valence-electron chi connectivity index (χ2n) is 6.86. The molecule has 0 radical (unpaired) electrons. The van der Waals surface area contributed by atoms with Crippen LogP contribution in [0.3, 0.4) is 0 Å². The van der Waals surface area contributed by atoms with Crippen molar-refractivity contribution in [3.05, 3.63) is 64.7 Å². The normalized spacial score (nSPS) is 15.5. The van der Waals surface area contributed by atoms with Crippen molar-refractivity contribution >= 4 is 29.0 Å². The third-order valence-corrected chi connectivity index (χ3v) is 4.94. The molecule has 2 aromatic carbocycles. The van der Waals surface area contributed by atoms with E-state index in [2.05, 4.69) is 21.2 Å². The van der Waals surface area contributed by atoms with Gasteiger partial charge in [-0.05, 0) is 48.9 Å². The fourth-order valence-corrected chi connectivity index (χ4v) is 3.40. The largest absolute Gasteiger partial charge is 0.325 e. The number of carbonyl (C=O) groups excluding carboxylic acids is 2. The second-order valence-corrected chi connectivity index (χ2v) is 7.30. The van der Waals surface area contributed by atoms with Gasteiger partial charge in [-0.1, -0.05) is 23.7 Å². The smallest absolute Gasteiger partial charge is 0.238 e. The summed E-state index contributed by atoms with van der Waals surface area (Å²) < 4.78 is 0. The number of nitrogens with one attached hydrogen (secondary N) is 1. The molecule has 0 atom stereocenters. The number of anilines is 1. The number of ketones is 1. The van der Waals surface area contributed by atoms with Gasteiger partial charge in [-0.3, -0.25) is 19.4 Å². The molecule has 1 amide bonds. The highest BCUT2D eigenvalue weighted by Gasteiger charge is 2.19. The van der Waals surface area contributed by atoms with Crippen molar-refractivity contribution in [2.75, 3.05) is 38.0 Å². The zero-order chi connectivity index (χ0) is 19.2. The summed E-state index contributed by atoms with van der Waals surface area (Å²) in [4.78, 5) is 28.1. The molecule has 1 aliphatic rings. The van der Waals surface area contributed by atoms with E-state index in [1.54, 1.807) is 24.3 Å². The summed E-state index contributed by atoms with van der Waals surface area (Å²) in [7, 11) is 0. The van der Waals surface area contributed by atoms with Gasteiger partial charge in [-0.15, -0.1) is 0 Å². The number of halogens is 1. The van der Waals surface area contributed by atoms with Crippen LogP contribution in [0.25, 0.3) is 0 Å². The van der Waals surface area contributed by atoms with Crippen molar-refractivity contribution in [1.29, 1.82) is 0 Å². The molecule has 0 unspecified atom stereocenters. The van der Waals surface area contributed by atoms with Gasteiger partial charge in [0.2, 0.25) is 5.91 Å². The quantitative estimate of drug-likeness (QED) is 0.775. The van der Waals surface area contributed by atoms with Crippen molar-refractivity contribution in [3.8, 4) is 0 Å². The van der Waals surface area contributed by atoms with Gasteiger partial charge in [-0.2, -0.15) is 0 Å². The molecular weight excluding hydrogens is 362 g/mol. The number of hydrogen-bond acceptors (Lipinski definition) is 4. The number of Topliss-reactive ketones (excluding diaryl/α,β-unsaturated/α-hetero) is 1. The molecule has 5 nitrogen and oxygen atoms in total. The highest BCUT2D eigenvalue weighted by molar-refractivity contribution is 6.30. The van der Waals surface area contributed by atoms with Gasteiger partial charge in [0.05, 0.1) is 6.54 Å². The monoisotopic (exact) mass is 385 g/mol. The van der Waals surface area contributed by atoms with Crippen LogP contribution in [-0.2, 0) is 11.3 Å². The molecule has 1 heterocycles. The van der Waals surface area contributed by atoms with Crippen LogP contribution in [0.4, 0.5) is 5.69 Å². The molecular formula is C21H24ClN3O2. The van der Waals surface area contributed by atoms with Crippen LogP contribution in [0.2, 0.25) is 5.02 Å². The summed E-state index contributed by atoms with van der Waals surface area (Å²) in [5.74, 6) is -0.0163. The molecule has 0 aliphatic carbocycles. The Hall–Kier alpha value is -2.21. The maximum Gasteiger partial charge on any atom is 0.238 e. The lowest BCUT2D eigenvalue weighted by atomic mass is 10.1. The van der Waals surface area contributed by atoms with E-state index in [0.29, 0.717) is 17.8 Å². The van der Waals surface area contributed by atoms with Gasteiger partial charge in [0, 0.05) is 49.0 Å². The van der Waals surface area contributed by atoms with Crippen molar-refractivity contribution < 1.29 is 9.59 Å². The van der Waals surface area contributed by atoms with E-state index in [0.717, 1.165) is 37.7 Å². The fourth-order valence-electron chi connectivity index (χ4n) is 3.19. The van der Waals surface area contributed by atoms with Gasteiger partial charge in [0.1, 0.15) is 0 Å². The summed E-state index contributed by atoms with van der Waals surface area (Å²) in [5, 5.41) is 3.66. The summed E-state index contributed by atoms with van der Waals surface area (Å²) in [6.07, 6.45) is 0. The first kappa shape index (κ1) is 19.5. The van der Waals surface area contributed by atoms with Crippen LogP contribution in [-0.4, -0.2) is 54.2 Å². The van der Waals surface area contributed by atoms with E-state index in [-0.39, 0.29) is 11.7 Å². The number of hydrogen-bond donors (Lipinski definition) is 1. The molecule has 6 heteroatoms. The molecule has 27 heavy (non-hydrogen) atoms. The Morgan fingerprint density at radius 3 is 2.30 bits per heavy atom. The molecule has 2 aromatic rings. The van der Waals surface area contributed by atoms with Gasteiger partial charge in [0.15, 0.2) is 5.78 Å². The number of carbonyl (C=O) groups is 2. The summed E-state index contributed by atoms with van der Waals surface area (Å²) >= 11 is 6.05. The maximum absolute atomic E-state index is 12.3. The van der Waals surface area contributed by atoms with E-state index < -0.39 is 0 Å². The van der Waals surface area contributed by atoms with E-state index in [1.165, 1.54) is 12.5 Å². The zero-order valence-electron chi connectivity index (χ0n) is 15.5. The Bertz CT molecular complexity index is 799.